The minimum atomic E-state index is 0.513. The lowest BCUT2D eigenvalue weighted by atomic mass is 9.98. The minimum Gasteiger partial charge on any atom is -0.456 e. The van der Waals surface area contributed by atoms with Crippen LogP contribution in [0.15, 0.2) is 168 Å². The van der Waals surface area contributed by atoms with Gasteiger partial charge in [-0.25, -0.2) is 15.0 Å². The normalized spacial score (nSPS) is 11.6. The van der Waals surface area contributed by atoms with Crippen LogP contribution in [0, 0.1) is 0 Å². The van der Waals surface area contributed by atoms with E-state index in [-0.39, 0.29) is 0 Å². The lowest BCUT2D eigenvalue weighted by molar-refractivity contribution is 0.669. The molecule has 0 aliphatic rings. The molecule has 4 heterocycles. The van der Waals surface area contributed by atoms with Crippen molar-refractivity contribution >= 4 is 43.7 Å². The number of hydrogen-bond acceptors (Lipinski definition) is 5. The summed E-state index contributed by atoms with van der Waals surface area (Å²) in [5.74, 6) is 1.72. The van der Waals surface area contributed by atoms with E-state index >= 15 is 0 Å². The van der Waals surface area contributed by atoms with Crippen LogP contribution in [-0.4, -0.2) is 24.5 Å². The lowest BCUT2D eigenvalue weighted by Crippen LogP contribution is -2.02. The molecule has 0 spiro atoms. The number of benzene rings is 6. The van der Waals surface area contributed by atoms with Crippen molar-refractivity contribution in [2.75, 3.05) is 0 Å². The van der Waals surface area contributed by atoms with Crippen LogP contribution in [0.1, 0.15) is 0 Å². The summed E-state index contributed by atoms with van der Waals surface area (Å²) in [7, 11) is 0. The van der Waals surface area contributed by atoms with Crippen molar-refractivity contribution in [1.82, 2.24) is 24.5 Å². The molecule has 6 heteroatoms. The maximum atomic E-state index is 6.24. The van der Waals surface area contributed by atoms with Gasteiger partial charge in [0.2, 0.25) is 0 Å². The van der Waals surface area contributed by atoms with Gasteiger partial charge in [-0.2, -0.15) is 0 Å². The Hall–Kier alpha value is -6.92. The number of rotatable bonds is 5. The molecule has 10 rings (SSSR count). The summed E-state index contributed by atoms with van der Waals surface area (Å²) in [5, 5.41) is 4.58. The van der Waals surface area contributed by atoms with Gasteiger partial charge in [0.15, 0.2) is 17.5 Å². The monoisotopic (exact) mass is 641 g/mol. The Morgan fingerprint density at radius 2 is 1.08 bits per heavy atom. The van der Waals surface area contributed by atoms with Gasteiger partial charge in [0, 0.05) is 44.6 Å². The first-order valence-corrected chi connectivity index (χ1v) is 16.6. The van der Waals surface area contributed by atoms with Crippen molar-refractivity contribution in [1.29, 1.82) is 0 Å². The largest absolute Gasteiger partial charge is 0.456 e. The topological polar surface area (TPSA) is 69.6 Å². The third-order valence-electron chi connectivity index (χ3n) is 9.32. The third-order valence-corrected chi connectivity index (χ3v) is 9.32. The molecule has 0 amide bonds. The second kappa shape index (κ2) is 11.4. The van der Waals surface area contributed by atoms with Crippen molar-refractivity contribution < 1.29 is 4.42 Å². The van der Waals surface area contributed by atoms with Crippen LogP contribution in [0.25, 0.3) is 94.9 Å². The van der Waals surface area contributed by atoms with E-state index in [1.165, 1.54) is 10.8 Å². The zero-order valence-electron chi connectivity index (χ0n) is 26.7. The third kappa shape index (κ3) is 4.58. The van der Waals surface area contributed by atoms with Gasteiger partial charge in [-0.3, -0.25) is 4.98 Å². The average Bonchev–Trinajstić information content (AvgIpc) is 3.74. The highest BCUT2D eigenvalue weighted by atomic mass is 16.3. The smallest absolute Gasteiger partial charge is 0.182 e. The number of fused-ring (bicyclic) bond motifs is 6. The molecule has 0 saturated heterocycles. The number of aromatic nitrogens is 5. The lowest BCUT2D eigenvalue weighted by Gasteiger charge is -2.12. The number of hydrogen-bond donors (Lipinski definition) is 0. The molecule has 10 aromatic rings. The van der Waals surface area contributed by atoms with Gasteiger partial charge in [-0.15, -0.1) is 0 Å². The highest BCUT2D eigenvalue weighted by Crippen LogP contribution is 2.40. The molecular weight excluding hydrogens is 615 g/mol. The molecular formula is C44H27N5O. The van der Waals surface area contributed by atoms with Gasteiger partial charge in [0.1, 0.15) is 16.9 Å². The Bertz CT molecular complexity index is 2820. The second-order valence-electron chi connectivity index (χ2n) is 12.3. The first-order chi connectivity index (χ1) is 24.8. The molecule has 50 heavy (non-hydrogen) atoms. The Kier molecular flexibility index (Phi) is 6.39. The molecule has 6 aromatic carbocycles. The van der Waals surface area contributed by atoms with E-state index < -0.39 is 0 Å². The predicted molar refractivity (Wildman–Crippen MR) is 201 cm³/mol. The van der Waals surface area contributed by atoms with Gasteiger partial charge in [-0.1, -0.05) is 121 Å². The summed E-state index contributed by atoms with van der Waals surface area (Å²) in [6, 6.07) is 53.9. The van der Waals surface area contributed by atoms with E-state index in [9.17, 15) is 0 Å². The summed E-state index contributed by atoms with van der Waals surface area (Å²) in [5.41, 5.74) is 9.68. The molecule has 0 saturated carbocycles. The summed E-state index contributed by atoms with van der Waals surface area (Å²) >= 11 is 0. The molecule has 0 aliphatic carbocycles. The van der Waals surface area contributed by atoms with Crippen molar-refractivity contribution in [2.24, 2.45) is 0 Å². The molecule has 4 aromatic heterocycles. The summed E-state index contributed by atoms with van der Waals surface area (Å²) in [6.07, 6.45) is 1.83. The first-order valence-electron chi connectivity index (χ1n) is 16.6. The van der Waals surface area contributed by atoms with Gasteiger partial charge in [-0.05, 0) is 47.5 Å². The van der Waals surface area contributed by atoms with E-state index in [1.807, 2.05) is 91.1 Å². The van der Waals surface area contributed by atoms with Gasteiger partial charge in [0.25, 0.3) is 0 Å². The van der Waals surface area contributed by atoms with E-state index in [4.69, 9.17) is 24.4 Å². The van der Waals surface area contributed by atoms with Crippen molar-refractivity contribution in [3.05, 3.63) is 164 Å². The van der Waals surface area contributed by atoms with Crippen LogP contribution < -0.4 is 0 Å². The Morgan fingerprint density at radius 3 is 1.86 bits per heavy atom. The predicted octanol–water partition coefficient (Wildman–Crippen LogP) is 10.9. The molecule has 0 bridgehead atoms. The van der Waals surface area contributed by atoms with Crippen LogP contribution in [0.4, 0.5) is 0 Å². The fourth-order valence-corrected chi connectivity index (χ4v) is 7.04. The molecule has 6 nitrogen and oxygen atoms in total. The van der Waals surface area contributed by atoms with E-state index in [0.717, 1.165) is 60.9 Å². The molecule has 0 unspecified atom stereocenters. The molecule has 0 aliphatic heterocycles. The van der Waals surface area contributed by atoms with Gasteiger partial charge >= 0.3 is 0 Å². The molecule has 0 atom stereocenters. The fraction of sp³-hybridized carbons (Fsp3) is 0. The summed E-state index contributed by atoms with van der Waals surface area (Å²) in [6.45, 7) is 0. The molecule has 0 radical (unpaired) electrons. The highest BCUT2D eigenvalue weighted by Gasteiger charge is 2.18. The number of para-hydroxylation sites is 2. The molecule has 0 N–H and O–H groups in total. The van der Waals surface area contributed by atoms with E-state index in [2.05, 4.69) is 77.4 Å². The quantitative estimate of drug-likeness (QED) is 0.187. The zero-order valence-corrected chi connectivity index (χ0v) is 26.7. The van der Waals surface area contributed by atoms with Crippen LogP contribution in [0.5, 0.6) is 0 Å². The van der Waals surface area contributed by atoms with Crippen LogP contribution in [0.2, 0.25) is 0 Å². The molecule has 0 fully saturated rings. The number of pyridine rings is 1. The summed E-state index contributed by atoms with van der Waals surface area (Å²) < 4.78 is 8.55. The zero-order chi connectivity index (χ0) is 33.0. The van der Waals surface area contributed by atoms with Crippen molar-refractivity contribution in [3.8, 4) is 51.1 Å². The SMILES string of the molecule is c1ccc(-c2nc(-c3ccccc3)nc(-c3cc(-n4c5ccccc5c5ccc(-c6cccc7oc8ccccc8c67)cc54)ccn3)n2)cc1. The summed E-state index contributed by atoms with van der Waals surface area (Å²) in [4.78, 5) is 19.6. The fourth-order valence-electron chi connectivity index (χ4n) is 7.04. The minimum absolute atomic E-state index is 0.513. The van der Waals surface area contributed by atoms with Crippen LogP contribution >= 0.6 is 0 Å². The molecule has 234 valence electrons. The van der Waals surface area contributed by atoms with Crippen molar-refractivity contribution in [2.45, 2.75) is 0 Å². The van der Waals surface area contributed by atoms with Crippen LogP contribution in [0.3, 0.4) is 0 Å². The maximum absolute atomic E-state index is 6.24. The Labute approximate surface area is 287 Å². The van der Waals surface area contributed by atoms with E-state index in [0.29, 0.717) is 23.2 Å². The van der Waals surface area contributed by atoms with Crippen molar-refractivity contribution in [3.63, 3.8) is 0 Å². The number of furan rings is 1. The number of nitrogens with zero attached hydrogens (tertiary/aromatic N) is 5. The Morgan fingerprint density at radius 1 is 0.440 bits per heavy atom. The standard InChI is InChI=1S/C44H27N5O/c1-3-12-28(13-4-1)42-46-43(29-14-5-2-6-15-29)48-44(47-42)36-27-31(24-25-45-36)49-37-19-9-7-16-33(37)34-23-22-30(26-38(34)49)32-18-11-21-40-41(32)35-17-8-10-20-39(35)50-40/h1-27H. The highest BCUT2D eigenvalue weighted by molar-refractivity contribution is 6.14. The van der Waals surface area contributed by atoms with Crippen LogP contribution in [-0.2, 0) is 0 Å². The second-order valence-corrected chi connectivity index (χ2v) is 12.3. The first kappa shape index (κ1) is 28.1. The Balaban J connectivity index is 1.18. The van der Waals surface area contributed by atoms with Gasteiger partial charge < -0.3 is 8.98 Å². The van der Waals surface area contributed by atoms with E-state index in [1.54, 1.807) is 0 Å². The average molecular weight is 642 g/mol. The van der Waals surface area contributed by atoms with Gasteiger partial charge in [0.05, 0.1) is 11.0 Å². The maximum Gasteiger partial charge on any atom is 0.182 e.